The molecule has 118 valence electrons. The molecule has 4 bridgehead atoms. The van der Waals surface area contributed by atoms with Crippen molar-refractivity contribution in [3.63, 3.8) is 0 Å². The minimum absolute atomic E-state index is 0.0276. The zero-order valence-electron chi connectivity index (χ0n) is 12.8. The van der Waals surface area contributed by atoms with Crippen LogP contribution in [0, 0.1) is 17.8 Å². The molecule has 5 heteroatoms. The molecule has 0 radical (unpaired) electrons. The Hall–Kier alpha value is -1.52. The van der Waals surface area contributed by atoms with Gasteiger partial charge in [-0.25, -0.2) is 9.78 Å². The first-order valence-electron chi connectivity index (χ1n) is 8.69. The number of amides is 1. The van der Waals surface area contributed by atoms with Gasteiger partial charge in [-0.05, 0) is 56.3 Å². The van der Waals surface area contributed by atoms with E-state index in [2.05, 4.69) is 14.9 Å². The quantitative estimate of drug-likeness (QED) is 0.913. The lowest BCUT2D eigenvalue weighted by atomic mass is 9.53. The summed E-state index contributed by atoms with van der Waals surface area (Å²) in [7, 11) is 0. The maximum Gasteiger partial charge on any atom is 0.408 e. The van der Waals surface area contributed by atoms with Gasteiger partial charge in [-0.2, -0.15) is 0 Å². The molecule has 5 aliphatic rings. The molecule has 1 atom stereocenters. The summed E-state index contributed by atoms with van der Waals surface area (Å²) in [6.07, 6.45) is 11.8. The third-order valence-electron chi connectivity index (χ3n) is 6.32. The van der Waals surface area contributed by atoms with Crippen LogP contribution in [0.4, 0.5) is 4.79 Å². The molecule has 4 saturated carbocycles. The van der Waals surface area contributed by atoms with Crippen LogP contribution in [0.3, 0.4) is 0 Å². The third kappa shape index (κ3) is 1.97. The minimum Gasteiger partial charge on any atom is -0.438 e. The lowest BCUT2D eigenvalue weighted by Gasteiger charge is -2.56. The Balaban J connectivity index is 1.28. The van der Waals surface area contributed by atoms with E-state index in [1.165, 1.54) is 19.3 Å². The van der Waals surface area contributed by atoms with E-state index in [4.69, 9.17) is 4.74 Å². The highest BCUT2D eigenvalue weighted by Gasteiger charge is 2.52. The highest BCUT2D eigenvalue weighted by Crippen LogP contribution is 2.55. The Morgan fingerprint density at radius 3 is 2.59 bits per heavy atom. The number of ether oxygens (including phenoxy) is 1. The van der Waals surface area contributed by atoms with Gasteiger partial charge in [0.15, 0.2) is 6.10 Å². The van der Waals surface area contributed by atoms with Gasteiger partial charge in [0.25, 0.3) is 0 Å². The summed E-state index contributed by atoms with van der Waals surface area (Å²) in [6, 6.07) is 0. The molecular formula is C17H23N3O2. The van der Waals surface area contributed by atoms with Crippen LogP contribution >= 0.6 is 0 Å². The van der Waals surface area contributed by atoms with Crippen molar-refractivity contribution in [2.45, 2.75) is 63.1 Å². The molecule has 4 fully saturated rings. The Morgan fingerprint density at radius 1 is 1.23 bits per heavy atom. The SMILES string of the molecule is O=C(NC12CC3CC(CC(C3)C1)C2)O[C@H]1CCn2ccnc21. The van der Waals surface area contributed by atoms with Gasteiger partial charge < -0.3 is 14.6 Å². The number of nitrogens with one attached hydrogen (secondary N) is 1. The smallest absolute Gasteiger partial charge is 0.408 e. The second kappa shape index (κ2) is 4.49. The summed E-state index contributed by atoms with van der Waals surface area (Å²) in [6.45, 7) is 0.893. The number of imidazole rings is 1. The van der Waals surface area contributed by atoms with Gasteiger partial charge >= 0.3 is 6.09 Å². The van der Waals surface area contributed by atoms with Crippen LogP contribution in [0.15, 0.2) is 12.4 Å². The summed E-state index contributed by atoms with van der Waals surface area (Å²) in [5.74, 6) is 3.38. The Morgan fingerprint density at radius 2 is 1.91 bits per heavy atom. The fourth-order valence-electron chi connectivity index (χ4n) is 5.93. The van der Waals surface area contributed by atoms with Crippen molar-refractivity contribution in [2.75, 3.05) is 0 Å². The maximum atomic E-state index is 12.4. The Bertz CT molecular complexity index is 574. The van der Waals surface area contributed by atoms with Crippen molar-refractivity contribution in [3.8, 4) is 0 Å². The van der Waals surface area contributed by atoms with Crippen LogP contribution in [-0.4, -0.2) is 21.2 Å². The summed E-state index contributed by atoms with van der Waals surface area (Å²) in [5.41, 5.74) is 0.0276. The average Bonchev–Trinajstić information content (AvgIpc) is 3.01. The predicted octanol–water partition coefficient (Wildman–Crippen LogP) is 3.02. The van der Waals surface area contributed by atoms with Gasteiger partial charge in [-0.1, -0.05) is 0 Å². The number of carbonyl (C=O) groups excluding carboxylic acids is 1. The third-order valence-corrected chi connectivity index (χ3v) is 6.32. The van der Waals surface area contributed by atoms with E-state index in [0.29, 0.717) is 0 Å². The molecule has 22 heavy (non-hydrogen) atoms. The van der Waals surface area contributed by atoms with E-state index in [1.54, 1.807) is 6.20 Å². The molecule has 4 aliphatic carbocycles. The first-order valence-corrected chi connectivity index (χ1v) is 8.69. The van der Waals surface area contributed by atoms with Crippen LogP contribution in [0.5, 0.6) is 0 Å². The summed E-state index contributed by atoms with van der Waals surface area (Å²) >= 11 is 0. The van der Waals surface area contributed by atoms with E-state index in [0.717, 1.165) is 55.8 Å². The Kier molecular flexibility index (Phi) is 2.65. The second-order valence-corrected chi connectivity index (χ2v) is 7.98. The van der Waals surface area contributed by atoms with Gasteiger partial charge in [-0.3, -0.25) is 0 Å². The highest BCUT2D eigenvalue weighted by molar-refractivity contribution is 5.68. The van der Waals surface area contributed by atoms with E-state index >= 15 is 0 Å². The van der Waals surface area contributed by atoms with Crippen molar-refractivity contribution < 1.29 is 9.53 Å². The molecule has 0 aromatic carbocycles. The number of nitrogens with zero attached hydrogens (tertiary/aromatic N) is 2. The molecule has 0 unspecified atom stereocenters. The Labute approximate surface area is 130 Å². The van der Waals surface area contributed by atoms with E-state index < -0.39 is 0 Å². The number of aromatic nitrogens is 2. The fourth-order valence-corrected chi connectivity index (χ4v) is 5.93. The molecule has 0 saturated heterocycles. The van der Waals surface area contributed by atoms with Gasteiger partial charge in [-0.15, -0.1) is 0 Å². The predicted molar refractivity (Wildman–Crippen MR) is 80.1 cm³/mol. The second-order valence-electron chi connectivity index (χ2n) is 7.98. The fraction of sp³-hybridized carbons (Fsp3) is 0.765. The molecule has 1 aromatic heterocycles. The van der Waals surface area contributed by atoms with E-state index in [9.17, 15) is 4.79 Å². The first kappa shape index (κ1) is 13.0. The van der Waals surface area contributed by atoms with Crippen LogP contribution in [0.1, 0.15) is 56.9 Å². The minimum atomic E-state index is -0.233. The summed E-state index contributed by atoms with van der Waals surface area (Å²) < 4.78 is 7.77. The molecule has 1 aromatic rings. The van der Waals surface area contributed by atoms with Crippen LogP contribution in [0.25, 0.3) is 0 Å². The molecule has 1 amide bonds. The molecular weight excluding hydrogens is 278 g/mol. The van der Waals surface area contributed by atoms with Crippen molar-refractivity contribution in [3.05, 3.63) is 18.2 Å². The molecule has 5 nitrogen and oxygen atoms in total. The molecule has 1 aliphatic heterocycles. The normalized spacial score (nSPS) is 41.5. The van der Waals surface area contributed by atoms with E-state index in [1.807, 2.05) is 6.20 Å². The number of fused-ring (bicyclic) bond motifs is 1. The molecule has 0 spiro atoms. The number of carbonyl (C=O) groups is 1. The highest BCUT2D eigenvalue weighted by atomic mass is 16.6. The lowest BCUT2D eigenvalue weighted by Crippen LogP contribution is -2.60. The zero-order valence-corrected chi connectivity index (χ0v) is 12.8. The topological polar surface area (TPSA) is 56.1 Å². The molecule has 2 heterocycles. The van der Waals surface area contributed by atoms with Crippen molar-refractivity contribution in [2.24, 2.45) is 17.8 Å². The van der Waals surface area contributed by atoms with Crippen LogP contribution < -0.4 is 5.32 Å². The van der Waals surface area contributed by atoms with E-state index in [-0.39, 0.29) is 17.7 Å². The monoisotopic (exact) mass is 301 g/mol. The zero-order chi connectivity index (χ0) is 14.7. The molecule has 1 N–H and O–H groups in total. The number of rotatable bonds is 2. The summed E-state index contributed by atoms with van der Waals surface area (Å²) in [4.78, 5) is 16.8. The standard InChI is InChI=1S/C17H23N3O2/c21-16(22-14-1-3-20-4-2-18-15(14)20)19-17-8-11-5-12(9-17)7-13(6-11)10-17/h2,4,11-14H,1,3,5-10H2,(H,19,21)/t11?,12?,13?,14-,17?/m0/s1. The largest absolute Gasteiger partial charge is 0.438 e. The van der Waals surface area contributed by atoms with Crippen LogP contribution in [0.2, 0.25) is 0 Å². The number of hydrogen-bond acceptors (Lipinski definition) is 3. The molecule has 6 rings (SSSR count). The number of aryl methyl sites for hydroxylation is 1. The number of hydrogen-bond donors (Lipinski definition) is 1. The van der Waals surface area contributed by atoms with Gasteiger partial charge in [0, 0.05) is 30.9 Å². The summed E-state index contributed by atoms with van der Waals surface area (Å²) in [5, 5.41) is 3.28. The van der Waals surface area contributed by atoms with Crippen molar-refractivity contribution in [1.29, 1.82) is 0 Å². The first-order chi connectivity index (χ1) is 10.7. The van der Waals surface area contributed by atoms with Crippen molar-refractivity contribution >= 4 is 6.09 Å². The maximum absolute atomic E-state index is 12.4. The number of alkyl carbamates (subject to hydrolysis) is 1. The average molecular weight is 301 g/mol. The van der Waals surface area contributed by atoms with Gasteiger partial charge in [0.1, 0.15) is 5.82 Å². The van der Waals surface area contributed by atoms with Crippen LogP contribution in [-0.2, 0) is 11.3 Å². The van der Waals surface area contributed by atoms with Gasteiger partial charge in [0.05, 0.1) is 0 Å². The van der Waals surface area contributed by atoms with Crippen molar-refractivity contribution in [1.82, 2.24) is 14.9 Å². The lowest BCUT2D eigenvalue weighted by molar-refractivity contribution is -0.0222. The van der Waals surface area contributed by atoms with Gasteiger partial charge in [0.2, 0.25) is 0 Å².